The van der Waals surface area contributed by atoms with E-state index >= 15 is 0 Å². The van der Waals surface area contributed by atoms with E-state index in [0.717, 1.165) is 18.8 Å². The lowest BCUT2D eigenvalue weighted by Crippen LogP contribution is -2.39. The van der Waals surface area contributed by atoms with Crippen LogP contribution in [-0.4, -0.2) is 19.2 Å². The molecule has 3 rings (SSSR count). The zero-order valence-corrected chi connectivity index (χ0v) is 7.49. The number of hydrogen-bond donors (Lipinski definition) is 1. The van der Waals surface area contributed by atoms with Gasteiger partial charge in [-0.3, -0.25) is 0 Å². The highest BCUT2D eigenvalue weighted by molar-refractivity contribution is 5.41. The molecule has 0 bridgehead atoms. The topological polar surface area (TPSA) is 21.3 Å². The molecule has 0 aliphatic carbocycles. The molecule has 2 aliphatic rings. The quantitative estimate of drug-likeness (QED) is 0.645. The van der Waals surface area contributed by atoms with Gasteiger partial charge in [0, 0.05) is 18.0 Å². The van der Waals surface area contributed by atoms with Crippen molar-refractivity contribution in [3.63, 3.8) is 0 Å². The van der Waals surface area contributed by atoms with E-state index in [1.165, 1.54) is 12.0 Å². The molecule has 1 N–H and O–H groups in total. The van der Waals surface area contributed by atoms with Gasteiger partial charge in [-0.1, -0.05) is 18.2 Å². The highest BCUT2D eigenvalue weighted by atomic mass is 16.5. The first-order valence-electron chi connectivity index (χ1n) is 4.91. The molecule has 1 aromatic carbocycles. The standard InChI is InChI=1S/C11H13NO/c1-2-4-10-8(3-1)9-5-6-12-7-11(9)13-10/h1-4,9,11-12H,5-7H2/t9-,11-/m1/s1. The second-order valence-corrected chi connectivity index (χ2v) is 3.79. The zero-order valence-electron chi connectivity index (χ0n) is 7.49. The van der Waals surface area contributed by atoms with E-state index < -0.39 is 0 Å². The Bertz CT molecular complexity index is 324. The van der Waals surface area contributed by atoms with Crippen LogP contribution in [0.3, 0.4) is 0 Å². The Labute approximate surface area is 77.9 Å². The number of hydrogen-bond acceptors (Lipinski definition) is 2. The molecular weight excluding hydrogens is 162 g/mol. The van der Waals surface area contributed by atoms with Gasteiger partial charge in [0.1, 0.15) is 11.9 Å². The number of piperidine rings is 1. The van der Waals surface area contributed by atoms with Gasteiger partial charge in [-0.15, -0.1) is 0 Å². The van der Waals surface area contributed by atoms with Crippen molar-refractivity contribution in [1.82, 2.24) is 5.32 Å². The van der Waals surface area contributed by atoms with E-state index in [2.05, 4.69) is 23.5 Å². The Hall–Kier alpha value is -1.02. The summed E-state index contributed by atoms with van der Waals surface area (Å²) in [7, 11) is 0. The van der Waals surface area contributed by atoms with Crippen molar-refractivity contribution in [2.75, 3.05) is 13.1 Å². The normalized spacial score (nSPS) is 30.5. The van der Waals surface area contributed by atoms with E-state index in [9.17, 15) is 0 Å². The fourth-order valence-corrected chi connectivity index (χ4v) is 2.37. The summed E-state index contributed by atoms with van der Waals surface area (Å²) in [6.07, 6.45) is 1.59. The summed E-state index contributed by atoms with van der Waals surface area (Å²) in [5, 5.41) is 3.37. The van der Waals surface area contributed by atoms with Crippen molar-refractivity contribution < 1.29 is 4.74 Å². The molecule has 0 aromatic heterocycles. The first-order valence-corrected chi connectivity index (χ1v) is 4.91. The number of para-hydroxylation sites is 1. The van der Waals surface area contributed by atoms with Crippen LogP contribution in [0.4, 0.5) is 0 Å². The third kappa shape index (κ3) is 1.05. The molecule has 13 heavy (non-hydrogen) atoms. The molecule has 2 heterocycles. The summed E-state index contributed by atoms with van der Waals surface area (Å²) in [5.74, 6) is 1.73. The highest BCUT2D eigenvalue weighted by Crippen LogP contribution is 2.40. The summed E-state index contributed by atoms with van der Waals surface area (Å²) >= 11 is 0. The first kappa shape index (κ1) is 7.39. The van der Waals surface area contributed by atoms with Crippen LogP contribution < -0.4 is 10.1 Å². The van der Waals surface area contributed by atoms with Gasteiger partial charge in [-0.05, 0) is 19.0 Å². The Morgan fingerprint density at radius 2 is 2.23 bits per heavy atom. The predicted molar refractivity (Wildman–Crippen MR) is 51.1 cm³/mol. The second kappa shape index (κ2) is 2.74. The van der Waals surface area contributed by atoms with Crippen molar-refractivity contribution >= 4 is 0 Å². The third-order valence-corrected chi connectivity index (χ3v) is 3.02. The molecule has 0 radical (unpaired) electrons. The van der Waals surface area contributed by atoms with Crippen LogP contribution in [0.15, 0.2) is 24.3 Å². The van der Waals surface area contributed by atoms with Gasteiger partial charge in [0.25, 0.3) is 0 Å². The van der Waals surface area contributed by atoms with E-state index in [0.29, 0.717) is 12.0 Å². The molecule has 1 fully saturated rings. The second-order valence-electron chi connectivity index (χ2n) is 3.79. The first-order chi connectivity index (χ1) is 6.45. The number of ether oxygens (including phenoxy) is 1. The minimum Gasteiger partial charge on any atom is -0.488 e. The molecule has 2 atom stereocenters. The minimum absolute atomic E-state index is 0.381. The van der Waals surface area contributed by atoms with Crippen molar-refractivity contribution in [1.29, 1.82) is 0 Å². The molecule has 0 amide bonds. The van der Waals surface area contributed by atoms with E-state index in [1.807, 2.05) is 6.07 Å². The number of benzene rings is 1. The fraction of sp³-hybridized carbons (Fsp3) is 0.455. The third-order valence-electron chi connectivity index (χ3n) is 3.02. The average Bonchev–Trinajstić information content (AvgIpc) is 2.56. The smallest absolute Gasteiger partial charge is 0.123 e. The van der Waals surface area contributed by atoms with E-state index in [1.54, 1.807) is 0 Å². The minimum atomic E-state index is 0.381. The van der Waals surface area contributed by atoms with Crippen LogP contribution in [0.2, 0.25) is 0 Å². The van der Waals surface area contributed by atoms with Crippen molar-refractivity contribution in [2.45, 2.75) is 18.4 Å². The van der Waals surface area contributed by atoms with Gasteiger partial charge in [0.05, 0.1) is 0 Å². The van der Waals surface area contributed by atoms with Gasteiger partial charge in [-0.25, -0.2) is 0 Å². The van der Waals surface area contributed by atoms with Gasteiger partial charge >= 0.3 is 0 Å². The zero-order chi connectivity index (χ0) is 8.67. The largest absolute Gasteiger partial charge is 0.488 e. The maximum Gasteiger partial charge on any atom is 0.123 e. The summed E-state index contributed by atoms with van der Waals surface area (Å²) in [6, 6.07) is 8.43. The molecule has 2 aliphatic heterocycles. The lowest BCUT2D eigenvalue weighted by Gasteiger charge is -2.24. The van der Waals surface area contributed by atoms with Crippen LogP contribution in [0.25, 0.3) is 0 Å². The molecule has 2 heteroatoms. The predicted octanol–water partition coefficient (Wildman–Crippen LogP) is 1.52. The van der Waals surface area contributed by atoms with Crippen molar-refractivity contribution in [3.8, 4) is 5.75 Å². The Morgan fingerprint density at radius 1 is 1.31 bits per heavy atom. The maximum atomic E-state index is 5.85. The number of nitrogens with one attached hydrogen (secondary N) is 1. The summed E-state index contributed by atoms with van der Waals surface area (Å²) < 4.78 is 5.85. The monoisotopic (exact) mass is 175 g/mol. The summed E-state index contributed by atoms with van der Waals surface area (Å²) in [5.41, 5.74) is 1.41. The highest BCUT2D eigenvalue weighted by Gasteiger charge is 2.35. The molecule has 68 valence electrons. The Morgan fingerprint density at radius 3 is 3.23 bits per heavy atom. The lowest BCUT2D eigenvalue weighted by atomic mass is 9.90. The molecule has 0 unspecified atom stereocenters. The maximum absolute atomic E-state index is 5.85. The number of rotatable bonds is 0. The van der Waals surface area contributed by atoms with Crippen LogP contribution >= 0.6 is 0 Å². The summed E-state index contributed by atoms with van der Waals surface area (Å²) in [6.45, 7) is 2.12. The number of fused-ring (bicyclic) bond motifs is 3. The van der Waals surface area contributed by atoms with Crippen LogP contribution in [0.1, 0.15) is 17.9 Å². The molecular formula is C11H13NO. The molecule has 1 saturated heterocycles. The Balaban J connectivity index is 2.01. The van der Waals surface area contributed by atoms with E-state index in [-0.39, 0.29) is 0 Å². The average molecular weight is 175 g/mol. The van der Waals surface area contributed by atoms with E-state index in [4.69, 9.17) is 4.74 Å². The molecule has 1 aromatic rings. The summed E-state index contributed by atoms with van der Waals surface area (Å²) in [4.78, 5) is 0. The van der Waals surface area contributed by atoms with Gasteiger partial charge in [0.15, 0.2) is 0 Å². The van der Waals surface area contributed by atoms with Crippen LogP contribution in [0, 0.1) is 0 Å². The molecule has 0 spiro atoms. The van der Waals surface area contributed by atoms with Crippen LogP contribution in [0.5, 0.6) is 5.75 Å². The lowest BCUT2D eigenvalue weighted by molar-refractivity contribution is 0.177. The van der Waals surface area contributed by atoms with Gasteiger partial charge < -0.3 is 10.1 Å². The SMILES string of the molecule is c1ccc2c(c1)O[C@@H]1CNCC[C@H]21. The molecule has 0 saturated carbocycles. The van der Waals surface area contributed by atoms with Gasteiger partial charge in [-0.2, -0.15) is 0 Å². The van der Waals surface area contributed by atoms with Crippen molar-refractivity contribution in [2.24, 2.45) is 0 Å². The molecule has 2 nitrogen and oxygen atoms in total. The Kier molecular flexibility index (Phi) is 1.56. The van der Waals surface area contributed by atoms with Gasteiger partial charge in [0.2, 0.25) is 0 Å². The van der Waals surface area contributed by atoms with Crippen molar-refractivity contribution in [3.05, 3.63) is 29.8 Å². The fourth-order valence-electron chi connectivity index (χ4n) is 2.37. The van der Waals surface area contributed by atoms with Crippen LogP contribution in [-0.2, 0) is 0 Å².